The van der Waals surface area contributed by atoms with Gasteiger partial charge in [0.1, 0.15) is 0 Å². The first-order valence-corrected chi connectivity index (χ1v) is 8.55. The molecule has 2 aliphatic rings. The number of hydrogen-bond donors (Lipinski definition) is 1. The topological polar surface area (TPSA) is 60.9 Å². The zero-order valence-corrected chi connectivity index (χ0v) is 12.2. The van der Waals surface area contributed by atoms with E-state index in [9.17, 15) is 13.5 Å². The molecule has 20 heavy (non-hydrogen) atoms. The Kier molecular flexibility index (Phi) is 3.70. The summed E-state index contributed by atoms with van der Waals surface area (Å²) in [4.78, 5) is 0. The summed E-state index contributed by atoms with van der Waals surface area (Å²) < 4.78 is 28.6. The van der Waals surface area contributed by atoms with Crippen molar-refractivity contribution in [2.24, 2.45) is 0 Å². The van der Waals surface area contributed by atoms with Gasteiger partial charge in [0.25, 0.3) is 0 Å². The van der Waals surface area contributed by atoms with Crippen LogP contribution < -0.4 is 4.31 Å². The van der Waals surface area contributed by atoms with Crippen LogP contribution in [0.5, 0.6) is 0 Å². The van der Waals surface area contributed by atoms with Gasteiger partial charge < -0.3 is 5.11 Å². The maximum absolute atomic E-state index is 12.8. The molecule has 5 nitrogen and oxygen atoms in total. The van der Waals surface area contributed by atoms with Crippen molar-refractivity contribution in [3.8, 4) is 0 Å². The van der Waals surface area contributed by atoms with Crippen molar-refractivity contribution < 1.29 is 13.5 Å². The number of nitrogens with zero attached hydrogens (tertiary/aromatic N) is 2. The molecule has 0 saturated carbocycles. The lowest BCUT2D eigenvalue weighted by Gasteiger charge is -2.37. The quantitative estimate of drug-likeness (QED) is 0.903. The maximum atomic E-state index is 12.8. The van der Waals surface area contributed by atoms with Gasteiger partial charge in [0.05, 0.1) is 11.8 Å². The molecule has 0 aromatic heterocycles. The van der Waals surface area contributed by atoms with Gasteiger partial charge >= 0.3 is 10.2 Å². The first-order chi connectivity index (χ1) is 9.60. The number of benzene rings is 1. The first-order valence-electron chi connectivity index (χ1n) is 7.15. The van der Waals surface area contributed by atoms with E-state index < -0.39 is 16.3 Å². The van der Waals surface area contributed by atoms with E-state index in [2.05, 4.69) is 0 Å². The van der Waals surface area contributed by atoms with Crippen LogP contribution in [0.25, 0.3) is 0 Å². The van der Waals surface area contributed by atoms with E-state index >= 15 is 0 Å². The maximum Gasteiger partial charge on any atom is 0.304 e. The molecule has 0 amide bonds. The molecular formula is C14H20N2O3S. The van der Waals surface area contributed by atoms with Crippen molar-refractivity contribution in [1.29, 1.82) is 0 Å². The van der Waals surface area contributed by atoms with Crippen LogP contribution in [-0.2, 0) is 10.2 Å². The lowest BCUT2D eigenvalue weighted by Crippen LogP contribution is -2.48. The number of rotatable bonds is 2. The fraction of sp³-hybridized carbons (Fsp3) is 0.571. The standard InChI is InChI=1S/C14H20N2O3S/c17-14-8-11-16(13-7-3-2-6-12(13)14)20(18,19)15-9-4-1-5-10-15/h2-3,6-7,14,17H,1,4-5,8-11H2. The molecule has 3 rings (SSSR count). The van der Waals surface area contributed by atoms with Gasteiger partial charge in [0, 0.05) is 25.2 Å². The van der Waals surface area contributed by atoms with Crippen LogP contribution in [0.15, 0.2) is 24.3 Å². The molecule has 1 aromatic carbocycles. The Labute approximate surface area is 120 Å². The van der Waals surface area contributed by atoms with Crippen molar-refractivity contribution in [2.75, 3.05) is 23.9 Å². The van der Waals surface area contributed by atoms with Crippen LogP contribution in [0.2, 0.25) is 0 Å². The van der Waals surface area contributed by atoms with E-state index in [0.29, 0.717) is 37.3 Å². The predicted octanol–water partition coefficient (Wildman–Crippen LogP) is 1.66. The summed E-state index contributed by atoms with van der Waals surface area (Å²) in [5, 5.41) is 10.0. The van der Waals surface area contributed by atoms with Crippen LogP contribution >= 0.6 is 0 Å². The summed E-state index contributed by atoms with van der Waals surface area (Å²) in [6.07, 6.45) is 2.83. The first kappa shape index (κ1) is 13.9. The molecule has 2 aliphatic heterocycles. The van der Waals surface area contributed by atoms with E-state index in [1.807, 2.05) is 12.1 Å². The Morgan fingerprint density at radius 1 is 1.05 bits per heavy atom. The SMILES string of the molecule is O=S(=O)(N1CCCCC1)N1CCC(O)c2ccccc21. The van der Waals surface area contributed by atoms with E-state index in [4.69, 9.17) is 0 Å². The fourth-order valence-corrected chi connectivity index (χ4v) is 4.74. The number of anilines is 1. The average Bonchev–Trinajstić information content (AvgIpc) is 2.48. The summed E-state index contributed by atoms with van der Waals surface area (Å²) in [5.41, 5.74) is 1.33. The third kappa shape index (κ3) is 2.32. The van der Waals surface area contributed by atoms with E-state index in [-0.39, 0.29) is 0 Å². The van der Waals surface area contributed by atoms with Crippen molar-refractivity contribution in [3.05, 3.63) is 29.8 Å². The molecule has 0 spiro atoms. The molecule has 1 saturated heterocycles. The molecule has 0 bridgehead atoms. The zero-order chi connectivity index (χ0) is 14.2. The van der Waals surface area contributed by atoms with Crippen LogP contribution in [0.1, 0.15) is 37.4 Å². The van der Waals surface area contributed by atoms with E-state index in [0.717, 1.165) is 19.3 Å². The Morgan fingerprint density at radius 3 is 2.50 bits per heavy atom. The summed E-state index contributed by atoms with van der Waals surface area (Å²) in [5.74, 6) is 0. The second-order valence-corrected chi connectivity index (χ2v) is 7.26. The van der Waals surface area contributed by atoms with Gasteiger partial charge in [0.15, 0.2) is 0 Å². The lowest BCUT2D eigenvalue weighted by molar-refractivity contribution is 0.166. The molecule has 0 aliphatic carbocycles. The van der Waals surface area contributed by atoms with Gasteiger partial charge in [0.2, 0.25) is 0 Å². The molecule has 110 valence electrons. The molecule has 6 heteroatoms. The molecular weight excluding hydrogens is 276 g/mol. The molecule has 0 radical (unpaired) electrons. The minimum atomic E-state index is -3.47. The van der Waals surface area contributed by atoms with E-state index in [1.165, 1.54) is 4.31 Å². The normalized spacial score (nSPS) is 24.4. The van der Waals surface area contributed by atoms with Gasteiger partial charge in [-0.3, -0.25) is 4.31 Å². The van der Waals surface area contributed by atoms with Crippen LogP contribution in [0, 0.1) is 0 Å². The average molecular weight is 296 g/mol. The molecule has 1 N–H and O–H groups in total. The number of piperidine rings is 1. The van der Waals surface area contributed by atoms with Crippen LogP contribution in [0.3, 0.4) is 0 Å². The van der Waals surface area contributed by atoms with E-state index in [1.54, 1.807) is 16.4 Å². The predicted molar refractivity (Wildman–Crippen MR) is 77.7 cm³/mol. The Hall–Kier alpha value is -1.11. The summed E-state index contributed by atoms with van der Waals surface area (Å²) in [7, 11) is -3.47. The van der Waals surface area contributed by atoms with Gasteiger partial charge in [-0.05, 0) is 25.3 Å². The monoisotopic (exact) mass is 296 g/mol. The van der Waals surface area contributed by atoms with Gasteiger partial charge in [-0.2, -0.15) is 12.7 Å². The van der Waals surface area contributed by atoms with Crippen molar-refractivity contribution in [3.63, 3.8) is 0 Å². The second kappa shape index (κ2) is 5.35. The second-order valence-electron chi connectivity index (χ2n) is 5.40. The van der Waals surface area contributed by atoms with Gasteiger partial charge in [-0.1, -0.05) is 24.6 Å². The number of aliphatic hydroxyl groups excluding tert-OH is 1. The smallest absolute Gasteiger partial charge is 0.304 e. The number of hydrogen-bond acceptors (Lipinski definition) is 3. The summed E-state index contributed by atoms with van der Waals surface area (Å²) >= 11 is 0. The van der Waals surface area contributed by atoms with Crippen LogP contribution in [0.4, 0.5) is 5.69 Å². The highest BCUT2D eigenvalue weighted by Gasteiger charge is 2.35. The number of fused-ring (bicyclic) bond motifs is 1. The highest BCUT2D eigenvalue weighted by Crippen LogP contribution is 2.36. The Morgan fingerprint density at radius 2 is 1.75 bits per heavy atom. The largest absolute Gasteiger partial charge is 0.388 e. The third-order valence-electron chi connectivity index (χ3n) is 4.09. The summed E-state index contributed by atoms with van der Waals surface area (Å²) in [6.45, 7) is 1.55. The Bertz CT molecular complexity index is 582. The van der Waals surface area contributed by atoms with Crippen molar-refractivity contribution >= 4 is 15.9 Å². The van der Waals surface area contributed by atoms with Crippen molar-refractivity contribution in [2.45, 2.75) is 31.8 Å². The molecule has 2 heterocycles. The highest BCUT2D eigenvalue weighted by molar-refractivity contribution is 7.90. The van der Waals surface area contributed by atoms with Gasteiger partial charge in [-0.15, -0.1) is 0 Å². The zero-order valence-electron chi connectivity index (χ0n) is 11.4. The minimum absolute atomic E-state index is 0.344. The molecule has 1 unspecified atom stereocenters. The van der Waals surface area contributed by atoms with Gasteiger partial charge in [-0.25, -0.2) is 0 Å². The Balaban J connectivity index is 1.96. The van der Waals surface area contributed by atoms with Crippen molar-refractivity contribution in [1.82, 2.24) is 4.31 Å². The van der Waals surface area contributed by atoms with Crippen LogP contribution in [-0.4, -0.2) is 37.5 Å². The number of para-hydroxylation sites is 1. The number of aliphatic hydroxyl groups is 1. The lowest BCUT2D eigenvalue weighted by atomic mass is 10.0. The molecule has 1 fully saturated rings. The fourth-order valence-electron chi connectivity index (χ4n) is 2.99. The molecule has 1 atom stereocenters. The summed E-state index contributed by atoms with van der Waals surface area (Å²) in [6, 6.07) is 7.23. The highest BCUT2D eigenvalue weighted by atomic mass is 32.2. The third-order valence-corrected chi connectivity index (χ3v) is 6.04. The minimum Gasteiger partial charge on any atom is -0.388 e. The molecule has 1 aromatic rings.